The van der Waals surface area contributed by atoms with E-state index in [2.05, 4.69) is 10.3 Å². The van der Waals surface area contributed by atoms with Crippen LogP contribution in [0.5, 0.6) is 0 Å². The average Bonchev–Trinajstić information content (AvgIpc) is 3.45. The lowest BCUT2D eigenvalue weighted by Gasteiger charge is -2.26. The molecule has 7 nitrogen and oxygen atoms in total. The molecule has 1 aliphatic heterocycles. The first kappa shape index (κ1) is 20.8. The van der Waals surface area contributed by atoms with Crippen molar-refractivity contribution in [2.75, 3.05) is 4.90 Å². The van der Waals surface area contributed by atoms with Gasteiger partial charge in [0.2, 0.25) is 0 Å². The quantitative estimate of drug-likeness (QED) is 0.233. The maximum Gasteiger partial charge on any atom is 0.269 e. The summed E-state index contributed by atoms with van der Waals surface area (Å²) in [6.45, 7) is 2.04. The van der Waals surface area contributed by atoms with Gasteiger partial charge in [-0.15, -0.1) is 0 Å². The molecule has 0 amide bonds. The summed E-state index contributed by atoms with van der Waals surface area (Å²) in [6.07, 6.45) is 1.76. The fourth-order valence-electron chi connectivity index (χ4n) is 4.04. The highest BCUT2D eigenvalue weighted by Gasteiger charge is 2.42. The molecule has 0 radical (unpaired) electrons. The largest absolute Gasteiger partial charge is 0.459 e. The Morgan fingerprint density at radius 1 is 1.03 bits per heavy atom. The number of anilines is 1. The molecule has 1 fully saturated rings. The fourth-order valence-corrected chi connectivity index (χ4v) is 4.39. The molecule has 1 N–H and O–H groups in total. The minimum atomic E-state index is -0.417. The summed E-state index contributed by atoms with van der Waals surface area (Å²) in [7, 11) is 0. The molecule has 164 valence electrons. The van der Waals surface area contributed by atoms with E-state index in [1.165, 1.54) is 12.1 Å². The zero-order chi connectivity index (χ0) is 22.9. The Bertz CT molecular complexity index is 1300. The topological polar surface area (TPSA) is 84.4 Å². The zero-order valence-corrected chi connectivity index (χ0v) is 18.5. The number of nitrogens with zero attached hydrogens (tertiary/aromatic N) is 3. The van der Waals surface area contributed by atoms with Crippen molar-refractivity contribution in [1.82, 2.24) is 10.3 Å². The summed E-state index contributed by atoms with van der Waals surface area (Å²) < 4.78 is 6.29. The minimum absolute atomic E-state index is 0.0385. The number of rotatable bonds is 5. The number of nitro benzene ring substituents is 1. The van der Waals surface area contributed by atoms with Crippen molar-refractivity contribution in [3.8, 4) is 11.3 Å². The van der Waals surface area contributed by atoms with Crippen molar-refractivity contribution in [2.24, 2.45) is 0 Å². The average molecular weight is 457 g/mol. The van der Waals surface area contributed by atoms with Crippen LogP contribution in [0, 0.1) is 17.0 Å². The van der Waals surface area contributed by atoms with Gasteiger partial charge >= 0.3 is 0 Å². The Labute approximate surface area is 195 Å². The predicted octanol–water partition coefficient (Wildman–Crippen LogP) is 5.74. The number of aromatic nitrogens is 1. The second kappa shape index (κ2) is 8.48. The maximum absolute atomic E-state index is 11.0. The molecular weight excluding hydrogens is 436 g/mol. The summed E-state index contributed by atoms with van der Waals surface area (Å²) in [5.74, 6) is 1.34. The smallest absolute Gasteiger partial charge is 0.269 e. The van der Waals surface area contributed by atoms with Gasteiger partial charge in [-0.3, -0.25) is 15.1 Å². The van der Waals surface area contributed by atoms with Crippen molar-refractivity contribution < 1.29 is 9.34 Å². The molecular formula is C25H20N4O3S. The first-order valence-corrected chi connectivity index (χ1v) is 10.8. The van der Waals surface area contributed by atoms with E-state index >= 15 is 0 Å². The third-order valence-corrected chi connectivity index (χ3v) is 6.01. The molecule has 0 unspecified atom stereocenters. The lowest BCUT2D eigenvalue weighted by Crippen LogP contribution is -2.29. The molecule has 2 aromatic carbocycles. The van der Waals surface area contributed by atoms with E-state index in [1.54, 1.807) is 18.3 Å². The lowest BCUT2D eigenvalue weighted by molar-refractivity contribution is -0.384. The summed E-state index contributed by atoms with van der Waals surface area (Å²) in [6, 6.07) is 23.6. The van der Waals surface area contributed by atoms with Gasteiger partial charge in [-0.25, -0.2) is 0 Å². The number of thiocarbonyl (C=S) groups is 1. The third kappa shape index (κ3) is 3.96. The van der Waals surface area contributed by atoms with Crippen molar-refractivity contribution in [2.45, 2.75) is 19.0 Å². The number of nitrogens with one attached hydrogen (secondary N) is 1. The molecule has 0 bridgehead atoms. The number of hydrogen-bond acceptors (Lipinski definition) is 5. The predicted molar refractivity (Wildman–Crippen MR) is 130 cm³/mol. The van der Waals surface area contributed by atoms with E-state index < -0.39 is 4.92 Å². The number of benzene rings is 2. The minimum Gasteiger partial charge on any atom is -0.459 e. The summed E-state index contributed by atoms with van der Waals surface area (Å²) in [5.41, 5.74) is 3.77. The molecule has 33 heavy (non-hydrogen) atoms. The number of hydrogen-bond donors (Lipinski definition) is 1. The Morgan fingerprint density at radius 3 is 2.45 bits per heavy atom. The first-order chi connectivity index (χ1) is 16.0. The highest BCUT2D eigenvalue weighted by atomic mass is 32.1. The van der Waals surface area contributed by atoms with E-state index in [-0.39, 0.29) is 17.8 Å². The van der Waals surface area contributed by atoms with Crippen molar-refractivity contribution in [1.29, 1.82) is 0 Å². The van der Waals surface area contributed by atoms with Crippen molar-refractivity contribution in [3.05, 3.63) is 112 Å². The second-order valence-corrected chi connectivity index (χ2v) is 8.22. The van der Waals surface area contributed by atoms with Crippen molar-refractivity contribution in [3.63, 3.8) is 0 Å². The van der Waals surface area contributed by atoms with Gasteiger partial charge in [0.1, 0.15) is 17.6 Å². The van der Waals surface area contributed by atoms with Crippen LogP contribution in [-0.4, -0.2) is 15.0 Å². The number of furan rings is 1. The Kier molecular flexibility index (Phi) is 5.35. The first-order valence-electron chi connectivity index (χ1n) is 10.4. The second-order valence-electron chi connectivity index (χ2n) is 7.84. The summed E-state index contributed by atoms with van der Waals surface area (Å²) in [4.78, 5) is 17.2. The van der Waals surface area contributed by atoms with E-state index in [1.807, 2.05) is 66.4 Å². The maximum atomic E-state index is 11.0. The van der Waals surface area contributed by atoms with Crippen LogP contribution >= 0.6 is 12.2 Å². The fraction of sp³-hybridized carbons (Fsp3) is 0.120. The molecule has 1 saturated heterocycles. The normalized spacial score (nSPS) is 17.7. The number of non-ortho nitro benzene ring substituents is 1. The molecule has 0 saturated carbocycles. The molecule has 3 heterocycles. The van der Waals surface area contributed by atoms with Crippen LogP contribution in [-0.2, 0) is 0 Å². The van der Waals surface area contributed by atoms with Gasteiger partial charge in [0.05, 0.1) is 16.7 Å². The third-order valence-electron chi connectivity index (χ3n) is 5.69. The monoisotopic (exact) mass is 456 g/mol. The Balaban J connectivity index is 1.56. The Morgan fingerprint density at radius 2 is 1.79 bits per heavy atom. The van der Waals surface area contributed by atoms with E-state index in [0.717, 1.165) is 22.5 Å². The van der Waals surface area contributed by atoms with E-state index in [9.17, 15) is 10.1 Å². The van der Waals surface area contributed by atoms with Crippen LogP contribution in [0.2, 0.25) is 0 Å². The van der Waals surface area contributed by atoms with Gasteiger partial charge in [0.25, 0.3) is 5.69 Å². The van der Waals surface area contributed by atoms with Crippen molar-refractivity contribution >= 4 is 28.7 Å². The van der Waals surface area contributed by atoms with Crippen LogP contribution in [0.4, 0.5) is 11.4 Å². The van der Waals surface area contributed by atoms with Gasteiger partial charge in [-0.1, -0.05) is 23.8 Å². The molecule has 1 aliphatic rings. The number of aryl methyl sites for hydroxylation is 1. The van der Waals surface area contributed by atoms with Gasteiger partial charge in [-0.2, -0.15) is 0 Å². The molecule has 4 aromatic rings. The number of pyridine rings is 1. The summed E-state index contributed by atoms with van der Waals surface area (Å²) in [5, 5.41) is 15.0. The standard InChI is InChI=1S/C25H20N4O3S/c1-16-5-9-18(10-6-16)28-24(23(27-25(28)33)20-4-2-3-15-26-20)22-14-13-21(32-22)17-7-11-19(12-8-17)29(30)31/h2-15,23-24H,1H3,(H,27,33)/t23-,24-/m1/s1. The van der Waals surface area contributed by atoms with Gasteiger partial charge in [0, 0.05) is 29.6 Å². The highest BCUT2D eigenvalue weighted by molar-refractivity contribution is 7.80. The van der Waals surface area contributed by atoms with Crippen LogP contribution < -0.4 is 10.2 Å². The molecule has 2 aromatic heterocycles. The summed E-state index contributed by atoms with van der Waals surface area (Å²) >= 11 is 5.73. The molecule has 5 rings (SSSR count). The highest BCUT2D eigenvalue weighted by Crippen LogP contribution is 2.43. The van der Waals surface area contributed by atoms with Gasteiger partial charge < -0.3 is 14.6 Å². The molecule has 0 aliphatic carbocycles. The lowest BCUT2D eigenvalue weighted by atomic mass is 10.0. The molecule has 2 atom stereocenters. The SMILES string of the molecule is Cc1ccc(N2C(=S)N[C@H](c3ccccn3)[C@H]2c2ccc(-c3ccc([N+](=O)[O-])cc3)o2)cc1. The van der Waals surface area contributed by atoms with Crippen LogP contribution in [0.15, 0.2) is 89.5 Å². The zero-order valence-electron chi connectivity index (χ0n) is 17.7. The van der Waals surface area contributed by atoms with E-state index in [4.69, 9.17) is 16.6 Å². The molecule has 8 heteroatoms. The number of nitro groups is 1. The van der Waals surface area contributed by atoms with Gasteiger partial charge in [0.15, 0.2) is 5.11 Å². The molecule has 0 spiro atoms. The van der Waals surface area contributed by atoms with Crippen LogP contribution in [0.3, 0.4) is 0 Å². The van der Waals surface area contributed by atoms with E-state index in [0.29, 0.717) is 16.6 Å². The Hall–Kier alpha value is -4.04. The van der Waals surface area contributed by atoms with Crippen LogP contribution in [0.1, 0.15) is 29.1 Å². The van der Waals surface area contributed by atoms with Gasteiger partial charge in [-0.05, 0) is 67.7 Å². The van der Waals surface area contributed by atoms with Crippen LogP contribution in [0.25, 0.3) is 11.3 Å².